The number of alkyl halides is 2. The second-order valence-corrected chi connectivity index (χ2v) is 5.14. The molecule has 0 unspecified atom stereocenters. The molecular formula is C14H11F2NO2S. The van der Waals surface area contributed by atoms with Crippen LogP contribution >= 0.6 is 11.3 Å². The maximum Gasteiger partial charge on any atom is 0.347 e. The molecule has 6 heteroatoms. The Bertz CT molecular complexity index is 652. The zero-order chi connectivity index (χ0) is 14.8. The van der Waals surface area contributed by atoms with Crippen molar-refractivity contribution in [2.75, 3.05) is 0 Å². The van der Waals surface area contributed by atoms with Gasteiger partial charge in [-0.2, -0.15) is 0 Å². The van der Waals surface area contributed by atoms with Gasteiger partial charge in [0, 0.05) is 17.5 Å². The molecular weight excluding hydrogens is 284 g/mol. The maximum atomic E-state index is 13.8. The second kappa shape index (κ2) is 5.50. The molecule has 1 aromatic heterocycles. The smallest absolute Gasteiger partial charge is 0.347 e. The van der Waals surface area contributed by atoms with Gasteiger partial charge in [-0.15, -0.1) is 17.9 Å². The van der Waals surface area contributed by atoms with Crippen molar-refractivity contribution in [3.05, 3.63) is 53.6 Å². The molecule has 0 bridgehead atoms. The number of hydrogen-bond donors (Lipinski definition) is 1. The van der Waals surface area contributed by atoms with Crippen molar-refractivity contribution in [2.24, 2.45) is 0 Å². The first-order valence-corrected chi connectivity index (χ1v) is 6.54. The first-order valence-electron chi connectivity index (χ1n) is 5.73. The minimum absolute atomic E-state index is 0.0725. The summed E-state index contributed by atoms with van der Waals surface area (Å²) in [7, 11) is 0. The van der Waals surface area contributed by atoms with Gasteiger partial charge in [-0.05, 0) is 6.07 Å². The van der Waals surface area contributed by atoms with Gasteiger partial charge < -0.3 is 5.11 Å². The number of halogens is 2. The van der Waals surface area contributed by atoms with E-state index in [1.54, 1.807) is 6.07 Å². The summed E-state index contributed by atoms with van der Waals surface area (Å²) < 4.78 is 27.6. The van der Waals surface area contributed by atoms with Gasteiger partial charge in [-0.3, -0.25) is 0 Å². The van der Waals surface area contributed by atoms with Crippen LogP contribution in [0.2, 0.25) is 0 Å². The highest BCUT2D eigenvalue weighted by atomic mass is 32.1. The van der Waals surface area contributed by atoms with E-state index < -0.39 is 18.3 Å². The molecule has 0 saturated heterocycles. The van der Waals surface area contributed by atoms with Gasteiger partial charge in [0.1, 0.15) is 9.88 Å². The topological polar surface area (TPSA) is 50.2 Å². The number of carbonyl (C=O) groups is 1. The third-order valence-corrected chi connectivity index (χ3v) is 3.68. The van der Waals surface area contributed by atoms with E-state index in [9.17, 15) is 13.6 Å². The predicted octanol–water partition coefficient (Wildman–Crippen LogP) is 4.18. The Balaban J connectivity index is 2.38. The molecule has 0 aliphatic rings. The number of aromatic carboxylic acids is 1. The minimum Gasteiger partial charge on any atom is -0.477 e. The Hall–Kier alpha value is -2.08. The lowest BCUT2D eigenvalue weighted by Crippen LogP contribution is -2.11. The number of hydrogen-bond acceptors (Lipinski definition) is 3. The van der Waals surface area contributed by atoms with Crippen LogP contribution in [0, 0.1) is 0 Å². The molecule has 0 aliphatic carbocycles. The second-order valence-electron chi connectivity index (χ2n) is 4.11. The van der Waals surface area contributed by atoms with E-state index in [-0.39, 0.29) is 10.4 Å². The van der Waals surface area contributed by atoms with E-state index >= 15 is 0 Å². The zero-order valence-electron chi connectivity index (χ0n) is 10.3. The molecule has 104 valence electrons. The lowest BCUT2D eigenvalue weighted by atomic mass is 10.0. The highest BCUT2D eigenvalue weighted by molar-refractivity contribution is 7.16. The summed E-state index contributed by atoms with van der Waals surface area (Å²) in [6.07, 6.45) is 1.93. The summed E-state index contributed by atoms with van der Waals surface area (Å²) in [5.74, 6) is -4.08. The Labute approximate surface area is 118 Å². The van der Waals surface area contributed by atoms with Gasteiger partial charge in [0.2, 0.25) is 0 Å². The summed E-state index contributed by atoms with van der Waals surface area (Å²) in [4.78, 5) is 14.8. The largest absolute Gasteiger partial charge is 0.477 e. The fourth-order valence-electron chi connectivity index (χ4n) is 1.69. The molecule has 0 radical (unpaired) electrons. The van der Waals surface area contributed by atoms with Crippen LogP contribution < -0.4 is 0 Å². The van der Waals surface area contributed by atoms with Gasteiger partial charge in [0.25, 0.3) is 5.92 Å². The van der Waals surface area contributed by atoms with Gasteiger partial charge in [0.05, 0.1) is 6.20 Å². The van der Waals surface area contributed by atoms with Crippen LogP contribution in [0.15, 0.2) is 43.1 Å². The average molecular weight is 295 g/mol. The lowest BCUT2D eigenvalue weighted by Gasteiger charge is -2.15. The van der Waals surface area contributed by atoms with Crippen molar-refractivity contribution in [1.82, 2.24) is 4.98 Å². The average Bonchev–Trinajstić information content (AvgIpc) is 2.88. The number of benzene rings is 1. The molecule has 0 saturated carbocycles. The van der Waals surface area contributed by atoms with Crippen molar-refractivity contribution in [3.8, 4) is 10.6 Å². The fourth-order valence-corrected chi connectivity index (χ4v) is 2.44. The summed E-state index contributed by atoms with van der Waals surface area (Å²) in [6, 6.07) is 5.79. The normalized spacial score (nSPS) is 11.3. The Morgan fingerprint density at radius 2 is 2.25 bits per heavy atom. The zero-order valence-corrected chi connectivity index (χ0v) is 11.2. The van der Waals surface area contributed by atoms with Crippen LogP contribution in [-0.2, 0) is 5.92 Å². The van der Waals surface area contributed by atoms with E-state index in [1.807, 2.05) is 0 Å². The number of rotatable bonds is 5. The van der Waals surface area contributed by atoms with Crippen LogP contribution in [0.3, 0.4) is 0 Å². The van der Waals surface area contributed by atoms with E-state index in [4.69, 9.17) is 5.11 Å². The fraction of sp³-hybridized carbons (Fsp3) is 0.143. The van der Waals surface area contributed by atoms with Gasteiger partial charge >= 0.3 is 5.97 Å². The Morgan fingerprint density at radius 3 is 2.85 bits per heavy atom. The van der Waals surface area contributed by atoms with Crippen molar-refractivity contribution in [2.45, 2.75) is 12.3 Å². The quantitative estimate of drug-likeness (QED) is 0.842. The molecule has 0 amide bonds. The molecule has 3 nitrogen and oxygen atoms in total. The SMILES string of the molecule is C=CCC(F)(F)c1cccc(-c2ncc(C(=O)O)s2)c1. The molecule has 1 aromatic carbocycles. The number of carboxylic acid groups (broad SMARTS) is 1. The van der Waals surface area contributed by atoms with Crippen molar-refractivity contribution in [1.29, 1.82) is 0 Å². The summed E-state index contributed by atoms with van der Waals surface area (Å²) in [5, 5.41) is 9.24. The first-order chi connectivity index (χ1) is 9.44. The summed E-state index contributed by atoms with van der Waals surface area (Å²) in [5.41, 5.74) is 0.339. The van der Waals surface area contributed by atoms with E-state index in [1.165, 1.54) is 30.5 Å². The predicted molar refractivity (Wildman–Crippen MR) is 73.2 cm³/mol. The van der Waals surface area contributed by atoms with E-state index in [0.717, 1.165) is 11.3 Å². The third kappa shape index (κ3) is 2.91. The van der Waals surface area contributed by atoms with Crippen molar-refractivity contribution >= 4 is 17.3 Å². The maximum absolute atomic E-state index is 13.8. The van der Waals surface area contributed by atoms with Crippen molar-refractivity contribution < 1.29 is 18.7 Å². The van der Waals surface area contributed by atoms with E-state index in [2.05, 4.69) is 11.6 Å². The molecule has 20 heavy (non-hydrogen) atoms. The van der Waals surface area contributed by atoms with Gasteiger partial charge in [-0.1, -0.05) is 24.3 Å². The Morgan fingerprint density at radius 1 is 1.50 bits per heavy atom. The molecule has 1 heterocycles. The highest BCUT2D eigenvalue weighted by Crippen LogP contribution is 2.35. The van der Waals surface area contributed by atoms with Gasteiger partial charge in [-0.25, -0.2) is 18.6 Å². The molecule has 2 aromatic rings. The number of allylic oxidation sites excluding steroid dienone is 1. The van der Waals surface area contributed by atoms with Crippen LogP contribution in [0.4, 0.5) is 8.78 Å². The number of carboxylic acids is 1. The molecule has 0 spiro atoms. The first kappa shape index (κ1) is 14.3. The lowest BCUT2D eigenvalue weighted by molar-refractivity contribution is -0.000815. The molecule has 0 aliphatic heterocycles. The Kier molecular flexibility index (Phi) is 3.94. The number of thiazole rings is 1. The van der Waals surface area contributed by atoms with Gasteiger partial charge in [0.15, 0.2) is 0 Å². The van der Waals surface area contributed by atoms with Crippen LogP contribution in [0.25, 0.3) is 10.6 Å². The monoisotopic (exact) mass is 295 g/mol. The van der Waals surface area contributed by atoms with E-state index in [0.29, 0.717) is 10.6 Å². The summed E-state index contributed by atoms with van der Waals surface area (Å²) in [6.45, 7) is 3.32. The highest BCUT2D eigenvalue weighted by Gasteiger charge is 2.30. The van der Waals surface area contributed by atoms with Crippen LogP contribution in [-0.4, -0.2) is 16.1 Å². The standard InChI is InChI=1S/C14H11F2NO2S/c1-2-6-14(15,16)10-5-3-4-9(7-10)12-17-8-11(20-12)13(18)19/h2-5,7-8H,1,6H2,(H,18,19). The number of nitrogens with zero attached hydrogens (tertiary/aromatic N) is 1. The molecule has 1 N–H and O–H groups in total. The molecule has 0 fully saturated rings. The molecule has 2 rings (SSSR count). The van der Waals surface area contributed by atoms with Crippen LogP contribution in [0.5, 0.6) is 0 Å². The number of aromatic nitrogens is 1. The summed E-state index contributed by atoms with van der Waals surface area (Å²) >= 11 is 0.951. The van der Waals surface area contributed by atoms with Crippen LogP contribution in [0.1, 0.15) is 21.7 Å². The molecule has 0 atom stereocenters. The third-order valence-electron chi connectivity index (χ3n) is 2.65. The minimum atomic E-state index is -3.00. The van der Waals surface area contributed by atoms with Crippen molar-refractivity contribution in [3.63, 3.8) is 0 Å².